The molecule has 1 aromatic heterocycles. The van der Waals surface area contributed by atoms with E-state index in [-0.39, 0.29) is 12.0 Å². The molecule has 1 atom stereocenters. The number of benzene rings is 1. The van der Waals surface area contributed by atoms with Gasteiger partial charge in [0.15, 0.2) is 0 Å². The van der Waals surface area contributed by atoms with Gasteiger partial charge in [0.25, 0.3) is 0 Å². The van der Waals surface area contributed by atoms with Crippen molar-refractivity contribution >= 4 is 16.9 Å². The van der Waals surface area contributed by atoms with E-state index in [4.69, 9.17) is 9.72 Å². The molecule has 1 unspecified atom stereocenters. The summed E-state index contributed by atoms with van der Waals surface area (Å²) >= 11 is 0. The number of carbonyl (C=O) groups excluding carboxylic acids is 1. The van der Waals surface area contributed by atoms with Crippen molar-refractivity contribution in [3.05, 3.63) is 30.1 Å². The Morgan fingerprint density at radius 3 is 2.96 bits per heavy atom. The first-order valence-corrected chi connectivity index (χ1v) is 10.1. The van der Waals surface area contributed by atoms with Crippen molar-refractivity contribution in [1.82, 2.24) is 14.9 Å². The Kier molecular flexibility index (Phi) is 7.06. The van der Waals surface area contributed by atoms with Crippen LogP contribution in [0.3, 0.4) is 0 Å². The van der Waals surface area contributed by atoms with E-state index < -0.39 is 0 Å². The highest BCUT2D eigenvalue weighted by atomic mass is 16.5. The minimum absolute atomic E-state index is 0.0376. The van der Waals surface area contributed by atoms with Gasteiger partial charge in [0.1, 0.15) is 11.9 Å². The molecule has 5 heteroatoms. The second-order valence-corrected chi connectivity index (χ2v) is 7.13. The van der Waals surface area contributed by atoms with Crippen LogP contribution < -0.4 is 5.32 Å². The first kappa shape index (κ1) is 18.9. The Labute approximate surface area is 156 Å². The van der Waals surface area contributed by atoms with Gasteiger partial charge < -0.3 is 14.6 Å². The van der Waals surface area contributed by atoms with Gasteiger partial charge in [-0.25, -0.2) is 4.98 Å². The zero-order valence-electron chi connectivity index (χ0n) is 15.9. The van der Waals surface area contributed by atoms with Gasteiger partial charge in [0.2, 0.25) is 5.91 Å². The van der Waals surface area contributed by atoms with Gasteiger partial charge in [-0.05, 0) is 37.8 Å². The van der Waals surface area contributed by atoms with Crippen LogP contribution in [0.4, 0.5) is 0 Å². The Morgan fingerprint density at radius 2 is 2.15 bits per heavy atom. The molecule has 0 radical (unpaired) electrons. The van der Waals surface area contributed by atoms with Gasteiger partial charge in [-0.15, -0.1) is 0 Å². The number of unbranched alkanes of at least 4 members (excludes halogenated alkanes) is 3. The van der Waals surface area contributed by atoms with Crippen LogP contribution in [-0.2, 0) is 22.5 Å². The van der Waals surface area contributed by atoms with E-state index in [9.17, 15) is 4.79 Å². The highest BCUT2D eigenvalue weighted by Gasteiger charge is 2.22. The monoisotopic (exact) mass is 357 g/mol. The largest absolute Gasteiger partial charge is 0.368 e. The maximum absolute atomic E-state index is 12.0. The lowest BCUT2D eigenvalue weighted by Crippen LogP contribution is -2.34. The summed E-state index contributed by atoms with van der Waals surface area (Å²) in [7, 11) is 0. The van der Waals surface area contributed by atoms with Crippen LogP contribution in [0, 0.1) is 0 Å². The van der Waals surface area contributed by atoms with E-state index in [1.54, 1.807) is 0 Å². The normalized spacial score (nSPS) is 17.0. The van der Waals surface area contributed by atoms with Crippen molar-refractivity contribution in [1.29, 1.82) is 0 Å². The lowest BCUT2D eigenvalue weighted by atomic mass is 10.2. The fraction of sp³-hybridized carbons (Fsp3) is 0.619. The third-order valence-electron chi connectivity index (χ3n) is 5.07. The quantitative estimate of drug-likeness (QED) is 0.657. The number of imidazole rings is 1. The zero-order chi connectivity index (χ0) is 18.2. The van der Waals surface area contributed by atoms with Crippen LogP contribution in [0.1, 0.15) is 57.7 Å². The molecule has 1 aromatic carbocycles. The summed E-state index contributed by atoms with van der Waals surface area (Å²) in [5, 5.41) is 3.01. The third kappa shape index (κ3) is 4.85. The first-order chi connectivity index (χ1) is 12.8. The predicted octanol–water partition coefficient (Wildman–Crippen LogP) is 3.84. The standard InChI is InChI=1S/C21H31N3O2/c1-2-3-4-7-15-24-18-11-6-5-10-17(18)23-20(24)13-8-14-22-21(25)19-12-9-16-26-19/h5-6,10-11,19H,2-4,7-9,12-16H2,1H3,(H,22,25). The maximum atomic E-state index is 12.0. The Hall–Kier alpha value is -1.88. The van der Waals surface area contributed by atoms with Crippen LogP contribution in [0.15, 0.2) is 24.3 Å². The van der Waals surface area contributed by atoms with Gasteiger partial charge >= 0.3 is 0 Å². The summed E-state index contributed by atoms with van der Waals surface area (Å²) in [6.07, 6.45) is 8.37. The third-order valence-corrected chi connectivity index (χ3v) is 5.07. The molecule has 0 bridgehead atoms. The average Bonchev–Trinajstić information content (AvgIpc) is 3.30. The Balaban J connectivity index is 1.55. The van der Waals surface area contributed by atoms with Gasteiger partial charge in [0, 0.05) is 26.1 Å². The number of ether oxygens (including phenoxy) is 1. The minimum atomic E-state index is -0.238. The smallest absolute Gasteiger partial charge is 0.249 e. The lowest BCUT2D eigenvalue weighted by molar-refractivity contribution is -0.130. The maximum Gasteiger partial charge on any atom is 0.249 e. The van der Waals surface area contributed by atoms with Crippen molar-refractivity contribution in [2.45, 2.75) is 70.9 Å². The number of aryl methyl sites for hydroxylation is 2. The van der Waals surface area contributed by atoms with Crippen LogP contribution in [0.5, 0.6) is 0 Å². The molecule has 0 spiro atoms. The van der Waals surface area contributed by atoms with Crippen molar-refractivity contribution in [2.75, 3.05) is 13.2 Å². The number of nitrogens with one attached hydrogen (secondary N) is 1. The summed E-state index contributed by atoms with van der Waals surface area (Å²) in [6, 6.07) is 8.37. The fourth-order valence-corrected chi connectivity index (χ4v) is 3.62. The Bertz CT molecular complexity index is 704. The molecule has 142 valence electrons. The topological polar surface area (TPSA) is 56.2 Å². The van der Waals surface area contributed by atoms with E-state index in [0.29, 0.717) is 13.2 Å². The molecular weight excluding hydrogens is 326 g/mol. The molecule has 2 aromatic rings. The van der Waals surface area contributed by atoms with Gasteiger partial charge in [-0.3, -0.25) is 4.79 Å². The lowest BCUT2D eigenvalue weighted by Gasteiger charge is -2.11. The number of hydrogen-bond donors (Lipinski definition) is 1. The van der Waals surface area contributed by atoms with E-state index >= 15 is 0 Å². The SMILES string of the molecule is CCCCCCn1c(CCCNC(=O)C2CCCO2)nc2ccccc21. The van der Waals surface area contributed by atoms with E-state index in [0.717, 1.165) is 43.6 Å². The summed E-state index contributed by atoms with van der Waals surface area (Å²) in [5.41, 5.74) is 2.30. The molecule has 2 heterocycles. The number of nitrogens with zero attached hydrogens (tertiary/aromatic N) is 2. The van der Waals surface area contributed by atoms with Crippen LogP contribution >= 0.6 is 0 Å². The number of hydrogen-bond acceptors (Lipinski definition) is 3. The highest BCUT2D eigenvalue weighted by Crippen LogP contribution is 2.18. The molecule has 1 amide bonds. The first-order valence-electron chi connectivity index (χ1n) is 10.1. The highest BCUT2D eigenvalue weighted by molar-refractivity contribution is 5.80. The molecular formula is C21H31N3O2. The Morgan fingerprint density at radius 1 is 1.27 bits per heavy atom. The molecule has 1 fully saturated rings. The number of carbonyl (C=O) groups is 1. The van der Waals surface area contributed by atoms with Gasteiger partial charge in [0.05, 0.1) is 11.0 Å². The van der Waals surface area contributed by atoms with Crippen molar-refractivity contribution < 1.29 is 9.53 Å². The number of fused-ring (bicyclic) bond motifs is 1. The average molecular weight is 357 g/mol. The van der Waals surface area contributed by atoms with Crippen LogP contribution in [-0.4, -0.2) is 34.7 Å². The molecule has 0 saturated carbocycles. The molecule has 1 N–H and O–H groups in total. The van der Waals surface area contributed by atoms with Crippen molar-refractivity contribution in [3.8, 4) is 0 Å². The molecule has 0 aliphatic carbocycles. The fourth-order valence-electron chi connectivity index (χ4n) is 3.62. The molecule has 1 aliphatic rings. The predicted molar refractivity (Wildman–Crippen MR) is 104 cm³/mol. The summed E-state index contributed by atoms with van der Waals surface area (Å²) in [6.45, 7) is 4.65. The molecule has 3 rings (SSSR count). The van der Waals surface area contributed by atoms with Crippen molar-refractivity contribution in [3.63, 3.8) is 0 Å². The summed E-state index contributed by atoms with van der Waals surface area (Å²) in [5.74, 6) is 1.17. The summed E-state index contributed by atoms with van der Waals surface area (Å²) in [4.78, 5) is 16.8. The minimum Gasteiger partial charge on any atom is -0.368 e. The molecule has 26 heavy (non-hydrogen) atoms. The van der Waals surface area contributed by atoms with Gasteiger partial charge in [-0.2, -0.15) is 0 Å². The molecule has 5 nitrogen and oxygen atoms in total. The van der Waals surface area contributed by atoms with E-state index in [1.165, 1.54) is 31.2 Å². The number of aromatic nitrogens is 2. The van der Waals surface area contributed by atoms with E-state index in [1.807, 2.05) is 6.07 Å². The molecule has 1 saturated heterocycles. The van der Waals surface area contributed by atoms with Crippen LogP contribution in [0.2, 0.25) is 0 Å². The van der Waals surface area contributed by atoms with Crippen molar-refractivity contribution in [2.24, 2.45) is 0 Å². The van der Waals surface area contributed by atoms with Crippen LogP contribution in [0.25, 0.3) is 11.0 Å². The number of para-hydroxylation sites is 2. The number of amides is 1. The van der Waals surface area contributed by atoms with Gasteiger partial charge in [-0.1, -0.05) is 38.3 Å². The summed E-state index contributed by atoms with van der Waals surface area (Å²) < 4.78 is 7.79. The second kappa shape index (κ2) is 9.72. The zero-order valence-corrected chi connectivity index (χ0v) is 15.9. The molecule has 1 aliphatic heterocycles. The second-order valence-electron chi connectivity index (χ2n) is 7.13. The van der Waals surface area contributed by atoms with E-state index in [2.05, 4.69) is 35.0 Å². The number of rotatable bonds is 10.